The van der Waals surface area contributed by atoms with Crippen molar-refractivity contribution in [2.24, 2.45) is 5.73 Å². The maximum Gasteiger partial charge on any atom is 0.404 e. The maximum atomic E-state index is 11.2. The quantitative estimate of drug-likeness (QED) is 0.781. The Kier molecular flexibility index (Phi) is 5.29. The molecule has 1 atom stereocenters. The van der Waals surface area contributed by atoms with Crippen molar-refractivity contribution < 1.29 is 14.6 Å². The van der Waals surface area contributed by atoms with E-state index in [4.69, 9.17) is 10.5 Å². The van der Waals surface area contributed by atoms with E-state index in [0.29, 0.717) is 0 Å². The fourth-order valence-electron chi connectivity index (χ4n) is 3.70. The minimum Gasteiger partial charge on any atom is -0.497 e. The zero-order chi connectivity index (χ0) is 16.2. The minimum atomic E-state index is -0.963. The summed E-state index contributed by atoms with van der Waals surface area (Å²) < 4.78 is 5.23. The SMILES string of the molecule is CCC(NC(=O)O)C1(c2ccc(OC)cc2)CCC(N)CC1. The van der Waals surface area contributed by atoms with Crippen LogP contribution in [0.3, 0.4) is 0 Å². The van der Waals surface area contributed by atoms with Crippen LogP contribution in [-0.4, -0.2) is 30.4 Å². The summed E-state index contributed by atoms with van der Waals surface area (Å²) in [6.07, 6.45) is 3.44. The number of carboxylic acid groups (broad SMARTS) is 1. The Balaban J connectivity index is 2.37. The third kappa shape index (κ3) is 3.35. The molecule has 22 heavy (non-hydrogen) atoms. The molecule has 5 heteroatoms. The van der Waals surface area contributed by atoms with Crippen LogP contribution in [0, 0.1) is 0 Å². The first kappa shape index (κ1) is 16.6. The number of hydrogen-bond donors (Lipinski definition) is 3. The zero-order valence-electron chi connectivity index (χ0n) is 13.3. The van der Waals surface area contributed by atoms with Crippen LogP contribution in [0.15, 0.2) is 24.3 Å². The minimum absolute atomic E-state index is 0.106. The first-order valence-corrected chi connectivity index (χ1v) is 7.91. The van der Waals surface area contributed by atoms with E-state index < -0.39 is 6.09 Å². The Labute approximate surface area is 131 Å². The van der Waals surface area contributed by atoms with E-state index in [2.05, 4.69) is 17.4 Å². The average Bonchev–Trinajstić information content (AvgIpc) is 2.54. The third-order valence-electron chi connectivity index (χ3n) is 4.96. The van der Waals surface area contributed by atoms with Crippen LogP contribution in [0.4, 0.5) is 4.79 Å². The zero-order valence-corrected chi connectivity index (χ0v) is 13.3. The Morgan fingerprint density at radius 3 is 2.45 bits per heavy atom. The summed E-state index contributed by atoms with van der Waals surface area (Å²) in [6, 6.07) is 8.11. The summed E-state index contributed by atoms with van der Waals surface area (Å²) in [7, 11) is 1.64. The monoisotopic (exact) mass is 306 g/mol. The van der Waals surface area contributed by atoms with E-state index in [0.717, 1.165) is 37.9 Å². The number of hydrogen-bond acceptors (Lipinski definition) is 3. The molecule has 0 bridgehead atoms. The summed E-state index contributed by atoms with van der Waals surface area (Å²) in [5.74, 6) is 0.811. The normalized spacial score (nSPS) is 26.2. The molecule has 1 fully saturated rings. The van der Waals surface area contributed by atoms with Gasteiger partial charge in [-0.1, -0.05) is 19.1 Å². The van der Waals surface area contributed by atoms with Crippen molar-refractivity contribution in [3.63, 3.8) is 0 Å². The Hall–Kier alpha value is -1.75. The van der Waals surface area contributed by atoms with Crippen LogP contribution < -0.4 is 15.8 Å². The van der Waals surface area contributed by atoms with E-state index in [1.807, 2.05) is 19.1 Å². The first-order chi connectivity index (χ1) is 10.5. The molecular formula is C17H26N2O3. The highest BCUT2D eigenvalue weighted by Crippen LogP contribution is 2.43. The van der Waals surface area contributed by atoms with Gasteiger partial charge in [0.05, 0.1) is 7.11 Å². The average molecular weight is 306 g/mol. The van der Waals surface area contributed by atoms with Gasteiger partial charge in [-0.15, -0.1) is 0 Å². The van der Waals surface area contributed by atoms with Crippen LogP contribution in [0.5, 0.6) is 5.75 Å². The molecular weight excluding hydrogens is 280 g/mol. The van der Waals surface area contributed by atoms with E-state index in [-0.39, 0.29) is 17.5 Å². The standard InChI is InChI=1S/C17H26N2O3/c1-3-15(19-16(20)21)17(10-8-13(18)9-11-17)12-4-6-14(22-2)7-5-12/h4-7,13,15,19H,3,8-11,18H2,1-2H3,(H,20,21). The van der Waals surface area contributed by atoms with Gasteiger partial charge in [0, 0.05) is 17.5 Å². The highest BCUT2D eigenvalue weighted by atomic mass is 16.5. The van der Waals surface area contributed by atoms with Gasteiger partial charge >= 0.3 is 6.09 Å². The molecule has 0 saturated heterocycles. The Morgan fingerprint density at radius 1 is 1.41 bits per heavy atom. The number of rotatable bonds is 5. The van der Waals surface area contributed by atoms with Gasteiger partial charge in [-0.3, -0.25) is 0 Å². The van der Waals surface area contributed by atoms with Crippen LogP contribution in [0.25, 0.3) is 0 Å². The van der Waals surface area contributed by atoms with Gasteiger partial charge in [0.15, 0.2) is 0 Å². The lowest BCUT2D eigenvalue weighted by molar-refractivity contribution is 0.160. The number of ether oxygens (including phenoxy) is 1. The topological polar surface area (TPSA) is 84.6 Å². The highest BCUT2D eigenvalue weighted by Gasteiger charge is 2.42. The summed E-state index contributed by atoms with van der Waals surface area (Å²) in [4.78, 5) is 11.2. The molecule has 0 heterocycles. The number of nitrogens with one attached hydrogen (secondary N) is 1. The molecule has 5 nitrogen and oxygen atoms in total. The molecule has 0 aliphatic heterocycles. The number of carbonyl (C=O) groups is 1. The molecule has 1 saturated carbocycles. The molecule has 1 aromatic carbocycles. The molecule has 1 aliphatic carbocycles. The molecule has 0 radical (unpaired) electrons. The fraction of sp³-hybridized carbons (Fsp3) is 0.588. The molecule has 1 amide bonds. The predicted molar refractivity (Wildman–Crippen MR) is 86.4 cm³/mol. The van der Waals surface area contributed by atoms with Crippen molar-refractivity contribution in [1.82, 2.24) is 5.32 Å². The summed E-state index contributed by atoms with van der Waals surface area (Å²) in [6.45, 7) is 2.03. The van der Waals surface area contributed by atoms with E-state index in [1.54, 1.807) is 7.11 Å². The lowest BCUT2D eigenvalue weighted by Crippen LogP contribution is -2.52. The van der Waals surface area contributed by atoms with E-state index >= 15 is 0 Å². The van der Waals surface area contributed by atoms with Gasteiger partial charge in [-0.2, -0.15) is 0 Å². The molecule has 1 unspecified atom stereocenters. The molecule has 1 aliphatic rings. The van der Waals surface area contributed by atoms with Crippen LogP contribution in [0.1, 0.15) is 44.6 Å². The molecule has 2 rings (SSSR count). The van der Waals surface area contributed by atoms with Gasteiger partial charge in [-0.05, 0) is 49.8 Å². The Morgan fingerprint density at radius 2 is 2.00 bits per heavy atom. The number of methoxy groups -OCH3 is 1. The highest BCUT2D eigenvalue weighted by molar-refractivity contribution is 5.65. The molecule has 1 aromatic rings. The van der Waals surface area contributed by atoms with Crippen LogP contribution in [0.2, 0.25) is 0 Å². The van der Waals surface area contributed by atoms with Crippen molar-refractivity contribution in [3.05, 3.63) is 29.8 Å². The maximum absolute atomic E-state index is 11.2. The molecule has 0 spiro atoms. The van der Waals surface area contributed by atoms with E-state index in [1.165, 1.54) is 5.56 Å². The number of amides is 1. The van der Waals surface area contributed by atoms with Gasteiger partial charge in [-0.25, -0.2) is 4.79 Å². The molecule has 0 aromatic heterocycles. The van der Waals surface area contributed by atoms with Gasteiger partial charge in [0.25, 0.3) is 0 Å². The predicted octanol–water partition coefficient (Wildman–Crippen LogP) is 2.88. The number of nitrogens with two attached hydrogens (primary N) is 1. The third-order valence-corrected chi connectivity index (χ3v) is 4.96. The number of benzene rings is 1. The lowest BCUT2D eigenvalue weighted by Gasteiger charge is -2.45. The smallest absolute Gasteiger partial charge is 0.404 e. The van der Waals surface area contributed by atoms with Crippen molar-refractivity contribution in [1.29, 1.82) is 0 Å². The lowest BCUT2D eigenvalue weighted by atomic mass is 9.63. The van der Waals surface area contributed by atoms with Crippen molar-refractivity contribution >= 4 is 6.09 Å². The van der Waals surface area contributed by atoms with Crippen LogP contribution in [-0.2, 0) is 5.41 Å². The van der Waals surface area contributed by atoms with Crippen molar-refractivity contribution in [2.75, 3.05) is 7.11 Å². The van der Waals surface area contributed by atoms with Gasteiger partial charge < -0.3 is 20.9 Å². The Bertz CT molecular complexity index is 493. The largest absolute Gasteiger partial charge is 0.497 e. The van der Waals surface area contributed by atoms with Gasteiger partial charge in [0.1, 0.15) is 5.75 Å². The van der Waals surface area contributed by atoms with Crippen molar-refractivity contribution in [2.45, 2.75) is 56.5 Å². The second-order valence-corrected chi connectivity index (χ2v) is 6.13. The van der Waals surface area contributed by atoms with Gasteiger partial charge in [0.2, 0.25) is 0 Å². The second kappa shape index (κ2) is 7.01. The molecule has 4 N–H and O–H groups in total. The summed E-state index contributed by atoms with van der Waals surface area (Å²) in [5, 5.41) is 11.9. The van der Waals surface area contributed by atoms with Crippen LogP contribution >= 0.6 is 0 Å². The van der Waals surface area contributed by atoms with Crippen molar-refractivity contribution in [3.8, 4) is 5.75 Å². The summed E-state index contributed by atoms with van der Waals surface area (Å²) >= 11 is 0. The first-order valence-electron chi connectivity index (χ1n) is 7.91. The molecule has 122 valence electrons. The summed E-state index contributed by atoms with van der Waals surface area (Å²) in [5.41, 5.74) is 7.05. The second-order valence-electron chi connectivity index (χ2n) is 6.13. The fourth-order valence-corrected chi connectivity index (χ4v) is 3.70. The van der Waals surface area contributed by atoms with E-state index in [9.17, 15) is 9.90 Å².